The Morgan fingerprint density at radius 2 is 0.976 bits per heavy atom. The van der Waals surface area contributed by atoms with Crippen LogP contribution in [0, 0.1) is 16.7 Å². The van der Waals surface area contributed by atoms with E-state index in [1.54, 1.807) is 0 Å². The van der Waals surface area contributed by atoms with Crippen molar-refractivity contribution in [1.29, 1.82) is 0 Å². The molecule has 0 spiro atoms. The van der Waals surface area contributed by atoms with Crippen LogP contribution in [0.4, 0.5) is 0 Å². The molecular formula is C41H58O. The maximum absolute atomic E-state index is 10.1. The largest absolute Gasteiger partial charge is 0.393 e. The van der Waals surface area contributed by atoms with Crippen molar-refractivity contribution in [1.82, 2.24) is 0 Å². The van der Waals surface area contributed by atoms with E-state index in [2.05, 4.69) is 161 Å². The van der Waals surface area contributed by atoms with Crippen LogP contribution >= 0.6 is 0 Å². The summed E-state index contributed by atoms with van der Waals surface area (Å²) < 4.78 is 0. The topological polar surface area (TPSA) is 20.2 Å². The minimum absolute atomic E-state index is 0.0119. The summed E-state index contributed by atoms with van der Waals surface area (Å²) in [6.45, 7) is 24.6. The summed E-state index contributed by atoms with van der Waals surface area (Å²) in [5.74, 6) is 0.773. The van der Waals surface area contributed by atoms with Crippen LogP contribution < -0.4 is 0 Å². The molecule has 0 saturated heterocycles. The second kappa shape index (κ2) is 16.1. The average molecular weight is 567 g/mol. The fraction of sp³-hybridized carbons (Fsp3) is 0.463. The third-order valence-electron chi connectivity index (χ3n) is 8.47. The van der Waals surface area contributed by atoms with Crippen molar-refractivity contribution in [3.05, 3.63) is 130 Å². The number of hydrogen-bond acceptors (Lipinski definition) is 1. The molecule has 0 fully saturated rings. The van der Waals surface area contributed by atoms with Gasteiger partial charge in [-0.25, -0.2) is 0 Å². The fourth-order valence-electron chi connectivity index (χ4n) is 6.58. The minimum atomic E-state index is -0.221. The van der Waals surface area contributed by atoms with Crippen molar-refractivity contribution in [3.8, 4) is 0 Å². The molecule has 0 radical (unpaired) electrons. The van der Waals surface area contributed by atoms with E-state index in [4.69, 9.17) is 0 Å². The quantitative estimate of drug-likeness (QED) is 0.261. The first-order valence-electron chi connectivity index (χ1n) is 15.8. The van der Waals surface area contributed by atoms with E-state index in [0.717, 1.165) is 18.8 Å². The van der Waals surface area contributed by atoms with Gasteiger partial charge in [0.25, 0.3) is 0 Å². The number of hydrogen-bond donors (Lipinski definition) is 1. The molecule has 0 heterocycles. The Morgan fingerprint density at radius 1 is 0.595 bits per heavy atom. The van der Waals surface area contributed by atoms with Gasteiger partial charge >= 0.3 is 0 Å². The summed E-state index contributed by atoms with van der Waals surface area (Å²) >= 11 is 0. The smallest absolute Gasteiger partial charge is 0.0585 e. The maximum atomic E-state index is 10.1. The van der Waals surface area contributed by atoms with Crippen LogP contribution in [0.1, 0.15) is 102 Å². The first-order valence-corrected chi connectivity index (χ1v) is 15.8. The second-order valence-electron chi connectivity index (χ2n) is 14.1. The monoisotopic (exact) mass is 566 g/mol. The summed E-state index contributed by atoms with van der Waals surface area (Å²) in [5, 5.41) is 10.1. The van der Waals surface area contributed by atoms with Gasteiger partial charge in [-0.1, -0.05) is 153 Å². The maximum Gasteiger partial charge on any atom is 0.0585 e. The Bertz CT molecular complexity index is 1180. The van der Waals surface area contributed by atoms with E-state index < -0.39 is 0 Å². The van der Waals surface area contributed by atoms with E-state index in [9.17, 15) is 5.11 Å². The predicted molar refractivity (Wildman–Crippen MR) is 187 cm³/mol. The van der Waals surface area contributed by atoms with Crippen LogP contribution in [0.3, 0.4) is 0 Å². The first-order chi connectivity index (χ1) is 19.6. The Balaban J connectivity index is 1.90. The molecule has 228 valence electrons. The molecule has 2 aliphatic carbocycles. The standard InChI is InChI=1S/C41H58O/c1-30(18-14-20-32(3)22-24-38-35(6)26-34(5)28-40(38,8)9)16-12-13-17-31(2)19-15-21-33(4)23-25-39-36(7)27-37(42)29-41(39,10)11/h12-25,34,37,42H,26-29H2,1-11H3/b13-12+,18-14+,19-15+,24-22+,25-23+,30-16+,31-17+,32-20+,33-21+/t34-,37-/m1/s1. The highest BCUT2D eigenvalue weighted by Crippen LogP contribution is 2.43. The zero-order valence-corrected chi connectivity index (χ0v) is 28.5. The Hall–Kier alpha value is -2.90. The van der Waals surface area contributed by atoms with Crippen molar-refractivity contribution < 1.29 is 5.11 Å². The van der Waals surface area contributed by atoms with E-state index in [-0.39, 0.29) is 16.9 Å². The van der Waals surface area contributed by atoms with Crippen LogP contribution in [0.2, 0.25) is 0 Å². The second-order valence-corrected chi connectivity index (χ2v) is 14.1. The third kappa shape index (κ3) is 11.8. The van der Waals surface area contributed by atoms with Crippen LogP contribution in [-0.2, 0) is 0 Å². The van der Waals surface area contributed by atoms with Crippen molar-refractivity contribution >= 4 is 0 Å². The lowest BCUT2D eigenvalue weighted by atomic mass is 9.69. The molecule has 2 aliphatic rings. The number of aliphatic hydroxyl groups is 1. The summed E-state index contributed by atoms with van der Waals surface area (Å²) in [7, 11) is 0. The molecule has 2 rings (SSSR count). The molecule has 0 unspecified atom stereocenters. The summed E-state index contributed by atoms with van der Waals surface area (Å²) in [4.78, 5) is 0. The van der Waals surface area contributed by atoms with Crippen LogP contribution in [0.5, 0.6) is 0 Å². The molecular weight excluding hydrogens is 508 g/mol. The van der Waals surface area contributed by atoms with Gasteiger partial charge < -0.3 is 5.11 Å². The molecule has 1 nitrogen and oxygen atoms in total. The normalized spacial score (nSPS) is 25.0. The van der Waals surface area contributed by atoms with E-state index in [1.165, 1.54) is 57.4 Å². The Labute approximate surface area is 259 Å². The predicted octanol–water partition coefficient (Wildman–Crippen LogP) is 11.8. The molecule has 2 atom stereocenters. The number of aliphatic hydroxyl groups excluding tert-OH is 1. The zero-order valence-electron chi connectivity index (χ0n) is 28.5. The summed E-state index contributed by atoms with van der Waals surface area (Å²) in [5.41, 5.74) is 10.9. The average Bonchev–Trinajstić information content (AvgIpc) is 2.84. The molecule has 1 heteroatoms. The molecule has 0 aromatic heterocycles. The van der Waals surface area contributed by atoms with Crippen molar-refractivity contribution in [2.45, 2.75) is 108 Å². The van der Waals surface area contributed by atoms with Crippen molar-refractivity contribution in [3.63, 3.8) is 0 Å². The van der Waals surface area contributed by atoms with Gasteiger partial charge in [0, 0.05) is 0 Å². The molecule has 0 saturated carbocycles. The molecule has 42 heavy (non-hydrogen) atoms. The minimum Gasteiger partial charge on any atom is -0.393 e. The Morgan fingerprint density at radius 3 is 1.40 bits per heavy atom. The number of allylic oxidation sites excluding steroid dienone is 21. The van der Waals surface area contributed by atoms with Gasteiger partial charge in [-0.05, 0) is 95.1 Å². The highest BCUT2D eigenvalue weighted by molar-refractivity contribution is 5.39. The van der Waals surface area contributed by atoms with E-state index in [0.29, 0.717) is 0 Å². The number of rotatable bonds is 10. The van der Waals surface area contributed by atoms with Crippen molar-refractivity contribution in [2.24, 2.45) is 16.7 Å². The van der Waals surface area contributed by atoms with Gasteiger partial charge in [-0.3, -0.25) is 0 Å². The zero-order chi connectivity index (χ0) is 31.5. The molecule has 0 aromatic carbocycles. The van der Waals surface area contributed by atoms with E-state index in [1.807, 2.05) is 0 Å². The molecule has 1 N–H and O–H groups in total. The summed E-state index contributed by atoms with van der Waals surface area (Å²) in [6.07, 6.45) is 34.2. The highest BCUT2D eigenvalue weighted by atomic mass is 16.3. The van der Waals surface area contributed by atoms with Crippen molar-refractivity contribution in [2.75, 3.05) is 0 Å². The van der Waals surface area contributed by atoms with E-state index >= 15 is 0 Å². The van der Waals surface area contributed by atoms with Gasteiger partial charge in [0.05, 0.1) is 6.10 Å². The van der Waals surface area contributed by atoms with Crippen LogP contribution in [0.25, 0.3) is 0 Å². The van der Waals surface area contributed by atoms with Crippen LogP contribution in [-0.4, -0.2) is 11.2 Å². The van der Waals surface area contributed by atoms with Gasteiger partial charge in [-0.2, -0.15) is 0 Å². The molecule has 0 bridgehead atoms. The lowest BCUT2D eigenvalue weighted by molar-refractivity contribution is 0.116. The molecule has 0 amide bonds. The molecule has 0 aromatic rings. The third-order valence-corrected chi connectivity index (χ3v) is 8.47. The van der Waals surface area contributed by atoms with Gasteiger partial charge in [-0.15, -0.1) is 0 Å². The van der Waals surface area contributed by atoms with Crippen LogP contribution in [0.15, 0.2) is 130 Å². The SMILES string of the molecule is CC1=C(/C=C/C(C)=C/C=C/C(C)=C/C=C/C=C(C)/C=C/C=C(C)/C=C/C2=C(C)C[C@@H](O)CC2(C)C)C(C)(C)C[C@H](C)C1. The summed E-state index contributed by atoms with van der Waals surface area (Å²) in [6, 6.07) is 0. The fourth-order valence-corrected chi connectivity index (χ4v) is 6.58. The lowest BCUT2D eigenvalue weighted by Crippen LogP contribution is -2.28. The Kier molecular flexibility index (Phi) is 13.5. The first kappa shape index (κ1) is 35.3. The van der Waals surface area contributed by atoms with Gasteiger partial charge in [0.2, 0.25) is 0 Å². The van der Waals surface area contributed by atoms with Gasteiger partial charge in [0.15, 0.2) is 0 Å². The van der Waals surface area contributed by atoms with Gasteiger partial charge in [0.1, 0.15) is 0 Å². The highest BCUT2D eigenvalue weighted by Gasteiger charge is 2.31. The molecule has 0 aliphatic heterocycles. The lowest BCUT2D eigenvalue weighted by Gasteiger charge is -2.36.